The van der Waals surface area contributed by atoms with E-state index in [1.54, 1.807) is 44.4 Å². The van der Waals surface area contributed by atoms with Crippen LogP contribution in [0.4, 0.5) is 28.5 Å². The van der Waals surface area contributed by atoms with Crippen molar-refractivity contribution in [3.63, 3.8) is 0 Å². The van der Waals surface area contributed by atoms with Crippen molar-refractivity contribution in [3.05, 3.63) is 42.1 Å². The second kappa shape index (κ2) is 9.31. The second-order valence-corrected chi connectivity index (χ2v) is 8.35. The van der Waals surface area contributed by atoms with E-state index in [4.69, 9.17) is 9.26 Å². The van der Waals surface area contributed by atoms with E-state index in [-0.39, 0.29) is 22.4 Å². The summed E-state index contributed by atoms with van der Waals surface area (Å²) in [4.78, 5) is 26.5. The maximum Gasteiger partial charge on any atom is 0.528 e. The van der Waals surface area contributed by atoms with Crippen LogP contribution in [0.1, 0.15) is 37.8 Å². The van der Waals surface area contributed by atoms with E-state index < -0.39 is 6.09 Å². The Bertz CT molecular complexity index is 1060. The van der Waals surface area contributed by atoms with Crippen LogP contribution in [0, 0.1) is 6.92 Å². The Morgan fingerprint density at radius 1 is 1.06 bits per heavy atom. The summed E-state index contributed by atoms with van der Waals surface area (Å²) in [5.41, 5.74) is 0.727. The molecule has 10 nitrogen and oxygen atoms in total. The number of benzene rings is 1. The number of rotatable bonds is 6. The first-order valence-corrected chi connectivity index (χ1v) is 10.7. The van der Waals surface area contributed by atoms with E-state index in [2.05, 4.69) is 30.7 Å². The van der Waals surface area contributed by atoms with Gasteiger partial charge in [-0.05, 0) is 31.9 Å². The zero-order valence-electron chi connectivity index (χ0n) is 18.5. The first kappa shape index (κ1) is 21.7. The molecule has 0 radical (unpaired) electrons. The molecule has 1 aliphatic carbocycles. The van der Waals surface area contributed by atoms with Crippen LogP contribution < -0.4 is 19.9 Å². The van der Waals surface area contributed by atoms with Crippen LogP contribution in [0.3, 0.4) is 0 Å². The Balaban J connectivity index is 1.62. The zero-order valence-corrected chi connectivity index (χ0v) is 18.5. The normalized spacial score (nSPS) is 14.7. The lowest BCUT2D eigenvalue weighted by Crippen LogP contribution is -2.49. The highest BCUT2D eigenvalue weighted by Crippen LogP contribution is 2.25. The van der Waals surface area contributed by atoms with Gasteiger partial charge in [0.25, 0.3) is 0 Å². The van der Waals surface area contributed by atoms with E-state index in [0.29, 0.717) is 17.6 Å². The predicted octanol–water partition coefficient (Wildman–Crippen LogP) is 4.42. The highest BCUT2D eigenvalue weighted by molar-refractivity contribution is 5.81. The molecule has 4 rings (SSSR count). The van der Waals surface area contributed by atoms with Crippen LogP contribution in [-0.2, 0) is 0 Å². The molecule has 10 heteroatoms. The molecule has 0 unspecified atom stereocenters. The minimum absolute atomic E-state index is 0.234. The standard InChI is InChI=1S/C22H28N7O3/c1-15-14-18(32-28-15)24-20-25-19(23-16-10-6-4-7-11-16)26-21(27-20)29(2,3)22(30)31-17-12-8-5-9-13-17/h5,8-9,12-14,16H,4,6-7,10-11H2,1-3H3,(H2,23,24,25,26,27)/q+1. The predicted molar refractivity (Wildman–Crippen MR) is 121 cm³/mol. The number of hydrogen-bond donors (Lipinski definition) is 2. The van der Waals surface area contributed by atoms with Gasteiger partial charge >= 0.3 is 12.0 Å². The van der Waals surface area contributed by atoms with E-state index in [9.17, 15) is 4.79 Å². The molecule has 0 bridgehead atoms. The second-order valence-electron chi connectivity index (χ2n) is 8.35. The highest BCUT2D eigenvalue weighted by Gasteiger charge is 2.37. The van der Waals surface area contributed by atoms with E-state index >= 15 is 0 Å². The summed E-state index contributed by atoms with van der Waals surface area (Å²) in [5, 5.41) is 10.3. The van der Waals surface area contributed by atoms with Crippen LogP contribution in [0.25, 0.3) is 0 Å². The fourth-order valence-electron chi connectivity index (χ4n) is 3.48. The van der Waals surface area contributed by atoms with E-state index in [1.165, 1.54) is 19.3 Å². The molecule has 1 aliphatic rings. The molecule has 0 saturated heterocycles. The van der Waals surface area contributed by atoms with Crippen molar-refractivity contribution in [2.75, 3.05) is 24.7 Å². The number of hydrogen-bond acceptors (Lipinski definition) is 9. The number of nitrogens with zero attached hydrogens (tertiary/aromatic N) is 5. The number of carbonyl (C=O) groups excluding carboxylic acids is 1. The van der Waals surface area contributed by atoms with Crippen molar-refractivity contribution < 1.29 is 14.1 Å². The first-order valence-electron chi connectivity index (χ1n) is 10.7. The topological polar surface area (TPSA) is 115 Å². The summed E-state index contributed by atoms with van der Waals surface area (Å²) in [5.74, 6) is 1.75. The number of amides is 1. The monoisotopic (exact) mass is 438 g/mol. The average molecular weight is 439 g/mol. The molecule has 168 valence electrons. The molecule has 2 heterocycles. The van der Waals surface area contributed by atoms with Gasteiger partial charge in [-0.3, -0.25) is 5.32 Å². The van der Waals surface area contributed by atoms with Gasteiger partial charge in [0.15, 0.2) is 0 Å². The van der Waals surface area contributed by atoms with Crippen LogP contribution in [0.15, 0.2) is 40.9 Å². The molecule has 1 amide bonds. The van der Waals surface area contributed by atoms with Crippen molar-refractivity contribution in [1.82, 2.24) is 24.6 Å². The molecule has 0 atom stereocenters. The number of ether oxygens (including phenoxy) is 1. The van der Waals surface area contributed by atoms with Crippen molar-refractivity contribution in [1.29, 1.82) is 0 Å². The van der Waals surface area contributed by atoms with Crippen molar-refractivity contribution in [3.8, 4) is 5.75 Å². The number of quaternary nitrogens is 1. The van der Waals surface area contributed by atoms with Crippen molar-refractivity contribution in [2.45, 2.75) is 45.1 Å². The summed E-state index contributed by atoms with van der Waals surface area (Å²) in [6.45, 7) is 1.82. The van der Waals surface area contributed by atoms with Gasteiger partial charge in [-0.25, -0.2) is 0 Å². The smallest absolute Gasteiger partial charge is 0.380 e. The van der Waals surface area contributed by atoms with Crippen molar-refractivity contribution in [2.24, 2.45) is 0 Å². The largest absolute Gasteiger partial charge is 0.528 e. The lowest BCUT2D eigenvalue weighted by Gasteiger charge is -2.25. The molecule has 0 spiro atoms. The van der Waals surface area contributed by atoms with Crippen LogP contribution in [0.5, 0.6) is 5.75 Å². The minimum atomic E-state index is -0.521. The summed E-state index contributed by atoms with van der Waals surface area (Å²) in [7, 11) is 3.35. The molecule has 32 heavy (non-hydrogen) atoms. The Kier molecular flexibility index (Phi) is 6.31. The summed E-state index contributed by atoms with van der Waals surface area (Å²) in [6.07, 6.45) is 5.17. The molecular formula is C22H28N7O3+. The molecule has 0 aliphatic heterocycles. The minimum Gasteiger partial charge on any atom is -0.380 e. The molecule has 1 fully saturated rings. The third-order valence-electron chi connectivity index (χ3n) is 5.33. The summed E-state index contributed by atoms with van der Waals surface area (Å²) < 4.78 is 10.4. The van der Waals surface area contributed by atoms with Gasteiger partial charge in [0, 0.05) is 12.1 Å². The van der Waals surface area contributed by atoms with Crippen LogP contribution in [0.2, 0.25) is 0 Å². The molecular weight excluding hydrogens is 410 g/mol. The van der Waals surface area contributed by atoms with Gasteiger partial charge in [0.2, 0.25) is 17.8 Å². The maximum absolute atomic E-state index is 13.0. The van der Waals surface area contributed by atoms with Crippen LogP contribution in [-0.4, -0.2) is 46.3 Å². The Hall–Kier alpha value is -3.53. The number of anilines is 3. The zero-order chi connectivity index (χ0) is 22.6. The summed E-state index contributed by atoms with van der Waals surface area (Å²) in [6, 6.07) is 10.9. The molecule has 2 aromatic heterocycles. The molecule has 1 aromatic carbocycles. The van der Waals surface area contributed by atoms with Crippen molar-refractivity contribution >= 4 is 29.8 Å². The first-order chi connectivity index (χ1) is 15.4. The molecule has 3 aromatic rings. The number of carbonyl (C=O) groups is 1. The fourth-order valence-corrected chi connectivity index (χ4v) is 3.48. The molecule has 2 N–H and O–H groups in total. The van der Waals surface area contributed by atoms with Gasteiger partial charge in [-0.15, -0.1) is 9.97 Å². The highest BCUT2D eigenvalue weighted by atomic mass is 16.6. The van der Waals surface area contributed by atoms with E-state index in [0.717, 1.165) is 18.5 Å². The number of aromatic nitrogens is 4. The summed E-state index contributed by atoms with van der Waals surface area (Å²) >= 11 is 0. The third-order valence-corrected chi connectivity index (χ3v) is 5.33. The average Bonchev–Trinajstić information content (AvgIpc) is 3.19. The fraction of sp³-hybridized carbons (Fsp3) is 0.409. The van der Waals surface area contributed by atoms with Gasteiger partial charge in [0.05, 0.1) is 19.8 Å². The Morgan fingerprint density at radius 2 is 1.78 bits per heavy atom. The van der Waals surface area contributed by atoms with E-state index in [1.807, 2.05) is 13.0 Å². The Labute approximate surface area is 186 Å². The molecule has 1 saturated carbocycles. The maximum atomic E-state index is 13.0. The van der Waals surface area contributed by atoms with Gasteiger partial charge in [-0.1, -0.05) is 42.6 Å². The SMILES string of the molecule is Cc1cc(Nc2nc(NC3CCCCC3)nc([N+](C)(C)C(=O)Oc3ccccc3)n2)on1. The van der Waals surface area contributed by atoms with Gasteiger partial charge in [-0.2, -0.15) is 14.3 Å². The lowest BCUT2D eigenvalue weighted by molar-refractivity contribution is 0.170. The van der Waals surface area contributed by atoms with Gasteiger partial charge in [0.1, 0.15) is 5.75 Å². The van der Waals surface area contributed by atoms with Crippen LogP contribution >= 0.6 is 0 Å². The third kappa shape index (κ3) is 5.20. The number of para-hydroxylation sites is 1. The number of aryl methyl sites for hydroxylation is 1. The Morgan fingerprint density at radius 3 is 2.47 bits per heavy atom. The number of nitrogens with one attached hydrogen (secondary N) is 2. The quantitative estimate of drug-likeness (QED) is 0.539. The van der Waals surface area contributed by atoms with Gasteiger partial charge < -0.3 is 14.6 Å². The lowest BCUT2D eigenvalue weighted by atomic mass is 9.96.